The largest absolute Gasteiger partial charge is 0.350 e. The monoisotopic (exact) mass is 386 g/mol. The molecule has 1 heterocycles. The van der Waals surface area contributed by atoms with Crippen molar-refractivity contribution in [1.82, 2.24) is 10.2 Å². The number of carbonyl (C=O) groups excluding carboxylic acids is 1. The van der Waals surface area contributed by atoms with Crippen molar-refractivity contribution in [3.05, 3.63) is 65.2 Å². The van der Waals surface area contributed by atoms with Crippen LogP contribution >= 0.6 is 0 Å². The second-order valence-corrected chi connectivity index (χ2v) is 9.69. The molecule has 0 atom stereocenters. The van der Waals surface area contributed by atoms with Gasteiger partial charge in [-0.15, -0.1) is 0 Å². The molecule has 0 bridgehead atoms. The molecule has 0 saturated heterocycles. The number of fused-ring (bicyclic) bond motifs is 1. The maximum absolute atomic E-state index is 12.6. The van der Waals surface area contributed by atoms with Crippen LogP contribution in [0.25, 0.3) is 0 Å². The van der Waals surface area contributed by atoms with Crippen LogP contribution in [-0.4, -0.2) is 44.1 Å². The van der Waals surface area contributed by atoms with E-state index >= 15 is 0 Å². The number of amides is 1. The summed E-state index contributed by atoms with van der Waals surface area (Å²) in [5, 5.41) is 2.93. The van der Waals surface area contributed by atoms with Gasteiger partial charge >= 0.3 is 0 Å². The molecule has 0 radical (unpaired) electrons. The van der Waals surface area contributed by atoms with Crippen LogP contribution in [0.3, 0.4) is 0 Å². The number of benzene rings is 2. The molecule has 27 heavy (non-hydrogen) atoms. The van der Waals surface area contributed by atoms with Gasteiger partial charge in [-0.3, -0.25) is 9.69 Å². The maximum atomic E-state index is 12.6. The SMILES string of the molecule is CC(C)(CNC(=O)c1ccccc1S(C)(=O)=O)N1CCc2ccccc2C1. The number of carbonyl (C=O) groups is 1. The molecule has 0 unspecified atom stereocenters. The highest BCUT2D eigenvalue weighted by atomic mass is 32.2. The minimum absolute atomic E-state index is 0.0622. The molecule has 144 valence electrons. The van der Waals surface area contributed by atoms with Gasteiger partial charge in [0.1, 0.15) is 0 Å². The smallest absolute Gasteiger partial charge is 0.252 e. The Hall–Kier alpha value is -2.18. The third-order valence-corrected chi connectivity index (χ3v) is 6.35. The molecule has 0 aromatic heterocycles. The highest BCUT2D eigenvalue weighted by Crippen LogP contribution is 2.25. The summed E-state index contributed by atoms with van der Waals surface area (Å²) < 4.78 is 23.9. The Bertz CT molecular complexity index is 951. The van der Waals surface area contributed by atoms with Crippen molar-refractivity contribution in [2.75, 3.05) is 19.3 Å². The van der Waals surface area contributed by atoms with Crippen molar-refractivity contribution in [3.8, 4) is 0 Å². The normalized spacial score (nSPS) is 15.2. The lowest BCUT2D eigenvalue weighted by Crippen LogP contribution is -2.53. The molecule has 1 aliphatic rings. The topological polar surface area (TPSA) is 66.5 Å². The molecule has 2 aromatic carbocycles. The average Bonchev–Trinajstić information content (AvgIpc) is 2.65. The van der Waals surface area contributed by atoms with Crippen LogP contribution in [-0.2, 0) is 22.8 Å². The van der Waals surface area contributed by atoms with E-state index in [2.05, 4.69) is 48.3 Å². The van der Waals surface area contributed by atoms with E-state index in [0.29, 0.717) is 6.54 Å². The number of nitrogens with zero attached hydrogens (tertiary/aromatic N) is 1. The summed E-state index contributed by atoms with van der Waals surface area (Å²) in [5.74, 6) is -0.360. The van der Waals surface area contributed by atoms with E-state index in [1.165, 1.54) is 17.2 Å². The van der Waals surface area contributed by atoms with Gasteiger partial charge in [0.25, 0.3) is 5.91 Å². The molecule has 0 aliphatic carbocycles. The van der Waals surface area contributed by atoms with Gasteiger partial charge in [0.05, 0.1) is 10.5 Å². The molecule has 2 aromatic rings. The van der Waals surface area contributed by atoms with E-state index in [9.17, 15) is 13.2 Å². The van der Waals surface area contributed by atoms with Gasteiger partial charge in [0, 0.05) is 31.4 Å². The fourth-order valence-corrected chi connectivity index (χ4v) is 4.38. The lowest BCUT2D eigenvalue weighted by molar-refractivity contribution is 0.0823. The summed E-state index contributed by atoms with van der Waals surface area (Å²) >= 11 is 0. The molecule has 5 nitrogen and oxygen atoms in total. The van der Waals surface area contributed by atoms with E-state index in [4.69, 9.17) is 0 Å². The molecule has 1 aliphatic heterocycles. The summed E-state index contributed by atoms with van der Waals surface area (Å²) in [6, 6.07) is 14.8. The Morgan fingerprint density at radius 2 is 1.70 bits per heavy atom. The first-order valence-electron chi connectivity index (χ1n) is 9.07. The minimum atomic E-state index is -3.46. The molecule has 1 N–H and O–H groups in total. The predicted octanol–water partition coefficient (Wildman–Crippen LogP) is 2.66. The van der Waals surface area contributed by atoms with Crippen LogP contribution in [0.5, 0.6) is 0 Å². The van der Waals surface area contributed by atoms with Gasteiger partial charge in [0.2, 0.25) is 0 Å². The lowest BCUT2D eigenvalue weighted by atomic mass is 9.94. The molecule has 3 rings (SSSR count). The number of sulfone groups is 1. The van der Waals surface area contributed by atoms with Crippen molar-refractivity contribution < 1.29 is 13.2 Å². The second kappa shape index (κ2) is 7.44. The van der Waals surface area contributed by atoms with Crippen LogP contribution in [0.1, 0.15) is 35.3 Å². The molecular formula is C21H26N2O3S. The number of hydrogen-bond acceptors (Lipinski definition) is 4. The van der Waals surface area contributed by atoms with Crippen LogP contribution in [0.15, 0.2) is 53.4 Å². The number of rotatable bonds is 5. The highest BCUT2D eigenvalue weighted by Gasteiger charge is 2.30. The second-order valence-electron chi connectivity index (χ2n) is 7.70. The van der Waals surface area contributed by atoms with Crippen molar-refractivity contribution in [2.45, 2.75) is 37.2 Å². The van der Waals surface area contributed by atoms with Crippen LogP contribution in [0.2, 0.25) is 0 Å². The molecule has 1 amide bonds. The van der Waals surface area contributed by atoms with E-state index in [1.807, 2.05) is 0 Å². The molecule has 6 heteroatoms. The summed E-state index contributed by atoms with van der Waals surface area (Å²) in [6.07, 6.45) is 2.11. The number of hydrogen-bond donors (Lipinski definition) is 1. The third-order valence-electron chi connectivity index (χ3n) is 5.20. The Morgan fingerprint density at radius 3 is 2.41 bits per heavy atom. The molecule has 0 spiro atoms. The summed E-state index contributed by atoms with van der Waals surface area (Å²) in [6.45, 7) is 6.41. The lowest BCUT2D eigenvalue weighted by Gasteiger charge is -2.41. The van der Waals surface area contributed by atoms with Crippen molar-refractivity contribution in [2.24, 2.45) is 0 Å². The van der Waals surface area contributed by atoms with Crippen molar-refractivity contribution in [3.63, 3.8) is 0 Å². The van der Waals surface area contributed by atoms with Crippen molar-refractivity contribution in [1.29, 1.82) is 0 Å². The average molecular weight is 387 g/mol. The van der Waals surface area contributed by atoms with Gasteiger partial charge in [-0.05, 0) is 43.5 Å². The summed E-state index contributed by atoms with van der Waals surface area (Å²) in [5.41, 5.74) is 2.66. The quantitative estimate of drug-likeness (QED) is 0.858. The fourth-order valence-electron chi connectivity index (χ4n) is 3.49. The van der Waals surface area contributed by atoms with Gasteiger partial charge < -0.3 is 5.32 Å². The zero-order valence-electron chi connectivity index (χ0n) is 16.0. The van der Waals surface area contributed by atoms with Crippen molar-refractivity contribution >= 4 is 15.7 Å². The summed E-state index contributed by atoms with van der Waals surface area (Å²) in [7, 11) is -3.46. The van der Waals surface area contributed by atoms with Crippen LogP contribution in [0.4, 0.5) is 0 Å². The Kier molecular flexibility index (Phi) is 5.40. The predicted molar refractivity (Wildman–Crippen MR) is 107 cm³/mol. The highest BCUT2D eigenvalue weighted by molar-refractivity contribution is 7.90. The number of nitrogens with one attached hydrogen (secondary N) is 1. The molecular weight excluding hydrogens is 360 g/mol. The van der Waals surface area contributed by atoms with E-state index in [1.54, 1.807) is 18.2 Å². The zero-order chi connectivity index (χ0) is 19.7. The third kappa shape index (κ3) is 4.39. The maximum Gasteiger partial charge on any atom is 0.252 e. The summed E-state index contributed by atoms with van der Waals surface area (Å²) in [4.78, 5) is 15.1. The Morgan fingerprint density at radius 1 is 1.07 bits per heavy atom. The van der Waals surface area contributed by atoms with E-state index in [-0.39, 0.29) is 21.9 Å². The fraction of sp³-hybridized carbons (Fsp3) is 0.381. The first-order chi connectivity index (χ1) is 12.7. The molecule has 0 saturated carbocycles. The van der Waals surface area contributed by atoms with Gasteiger partial charge in [-0.25, -0.2) is 8.42 Å². The first-order valence-corrected chi connectivity index (χ1v) is 11.0. The Labute approximate surface area is 161 Å². The van der Waals surface area contributed by atoms with Crippen LogP contribution in [0, 0.1) is 0 Å². The van der Waals surface area contributed by atoms with E-state index in [0.717, 1.165) is 25.8 Å². The van der Waals surface area contributed by atoms with Gasteiger partial charge in [-0.2, -0.15) is 0 Å². The Balaban J connectivity index is 1.70. The molecule has 0 fully saturated rings. The van der Waals surface area contributed by atoms with Crippen LogP contribution < -0.4 is 5.32 Å². The minimum Gasteiger partial charge on any atom is -0.350 e. The standard InChI is InChI=1S/C21H26N2O3S/c1-21(2,23-13-12-16-8-4-5-9-17(16)14-23)15-22-20(24)18-10-6-7-11-19(18)27(3,25)26/h4-11H,12-15H2,1-3H3,(H,22,24). The van der Waals surface area contributed by atoms with E-state index < -0.39 is 9.84 Å². The van der Waals surface area contributed by atoms with Gasteiger partial charge in [0.15, 0.2) is 9.84 Å². The first kappa shape index (κ1) is 19.6. The van der Waals surface area contributed by atoms with Gasteiger partial charge in [-0.1, -0.05) is 36.4 Å². The zero-order valence-corrected chi connectivity index (χ0v) is 16.8.